The van der Waals surface area contributed by atoms with Crippen molar-refractivity contribution in [3.8, 4) is 0 Å². The molecule has 8 heteroatoms. The van der Waals surface area contributed by atoms with E-state index in [0.29, 0.717) is 5.69 Å². The molecule has 1 unspecified atom stereocenters. The minimum absolute atomic E-state index is 0.0391. The molecule has 8 nitrogen and oxygen atoms in total. The topological polar surface area (TPSA) is 138 Å². The molecule has 2 amide bonds. The summed E-state index contributed by atoms with van der Waals surface area (Å²) >= 11 is 0. The number of nitrogens with zero attached hydrogens (tertiary/aromatic N) is 1. The van der Waals surface area contributed by atoms with Crippen LogP contribution >= 0.6 is 0 Å². The van der Waals surface area contributed by atoms with E-state index in [-0.39, 0.29) is 6.42 Å². The molecule has 0 bridgehead atoms. The van der Waals surface area contributed by atoms with E-state index in [2.05, 4.69) is 15.5 Å². The molecule has 1 heterocycles. The molecular weight excluding hydrogens is 228 g/mol. The molecule has 0 aliphatic heterocycles. The van der Waals surface area contributed by atoms with Gasteiger partial charge in [0, 0.05) is 11.9 Å². The number of carboxylic acid groups (broad SMARTS) is 1. The van der Waals surface area contributed by atoms with Gasteiger partial charge in [-0.2, -0.15) is 5.10 Å². The molecule has 0 spiro atoms. The lowest BCUT2D eigenvalue weighted by Gasteiger charge is -2.12. The number of nitrogens with two attached hydrogens (primary N) is 1. The quantitative estimate of drug-likeness (QED) is 0.474. The molecule has 0 fully saturated rings. The van der Waals surface area contributed by atoms with Gasteiger partial charge in [0.25, 0.3) is 0 Å². The first-order chi connectivity index (χ1) is 7.99. The van der Waals surface area contributed by atoms with Crippen molar-refractivity contribution in [2.75, 3.05) is 0 Å². The molecule has 1 atom stereocenters. The fourth-order valence-corrected chi connectivity index (χ4v) is 1.20. The summed E-state index contributed by atoms with van der Waals surface area (Å²) in [7, 11) is 0. The standard InChI is InChI=1S/C9H12N4O4/c10-7(14)4-6(9(16)17)12-8(15)3-5-1-2-11-13-5/h1-2,6H,3-4H2,(H2,10,14)(H,11,13)(H,12,15)(H,16,17). The van der Waals surface area contributed by atoms with Crippen LogP contribution in [0.25, 0.3) is 0 Å². The summed E-state index contributed by atoms with van der Waals surface area (Å²) in [5.41, 5.74) is 5.42. The van der Waals surface area contributed by atoms with Gasteiger partial charge < -0.3 is 16.2 Å². The molecule has 1 rings (SSSR count). The lowest BCUT2D eigenvalue weighted by atomic mass is 10.2. The summed E-state index contributed by atoms with van der Waals surface area (Å²) in [5, 5.41) is 17.2. The Kier molecular flexibility index (Phi) is 4.21. The van der Waals surface area contributed by atoms with E-state index in [0.717, 1.165) is 0 Å². The second-order valence-corrected chi connectivity index (χ2v) is 3.39. The third-order valence-corrected chi connectivity index (χ3v) is 1.95. The maximum atomic E-state index is 11.4. The molecule has 1 aromatic heterocycles. The van der Waals surface area contributed by atoms with Gasteiger partial charge in [-0.05, 0) is 6.07 Å². The normalized spacial score (nSPS) is 11.8. The van der Waals surface area contributed by atoms with Crippen LogP contribution in [0.5, 0.6) is 0 Å². The Bertz CT molecular complexity index is 415. The first-order valence-electron chi connectivity index (χ1n) is 4.77. The van der Waals surface area contributed by atoms with Crippen LogP contribution in [0.15, 0.2) is 12.3 Å². The summed E-state index contributed by atoms with van der Waals surface area (Å²) in [4.78, 5) is 32.8. The van der Waals surface area contributed by atoms with E-state index in [1.165, 1.54) is 6.20 Å². The Morgan fingerprint density at radius 1 is 1.53 bits per heavy atom. The lowest BCUT2D eigenvalue weighted by molar-refractivity contribution is -0.143. The number of primary amides is 1. The summed E-state index contributed by atoms with van der Waals surface area (Å²) in [5.74, 6) is -2.62. The minimum Gasteiger partial charge on any atom is -0.480 e. The highest BCUT2D eigenvalue weighted by atomic mass is 16.4. The molecule has 92 valence electrons. The van der Waals surface area contributed by atoms with E-state index in [1.54, 1.807) is 6.07 Å². The van der Waals surface area contributed by atoms with Gasteiger partial charge in [-0.1, -0.05) is 0 Å². The Labute approximate surface area is 96.2 Å². The minimum atomic E-state index is -1.30. The highest BCUT2D eigenvalue weighted by Gasteiger charge is 2.22. The average molecular weight is 240 g/mol. The van der Waals surface area contributed by atoms with Crippen molar-refractivity contribution in [3.05, 3.63) is 18.0 Å². The smallest absolute Gasteiger partial charge is 0.326 e. The third-order valence-electron chi connectivity index (χ3n) is 1.95. The number of amides is 2. The number of aliphatic carboxylic acids is 1. The van der Waals surface area contributed by atoms with Gasteiger partial charge in [-0.25, -0.2) is 4.79 Å². The Balaban J connectivity index is 2.52. The number of hydrogen-bond donors (Lipinski definition) is 4. The fraction of sp³-hybridized carbons (Fsp3) is 0.333. The van der Waals surface area contributed by atoms with Crippen LogP contribution in [-0.4, -0.2) is 39.1 Å². The van der Waals surface area contributed by atoms with E-state index in [9.17, 15) is 14.4 Å². The van der Waals surface area contributed by atoms with Crippen molar-refractivity contribution in [2.24, 2.45) is 5.73 Å². The van der Waals surface area contributed by atoms with E-state index < -0.39 is 30.2 Å². The third kappa shape index (κ3) is 4.33. The number of rotatable bonds is 6. The first-order valence-corrected chi connectivity index (χ1v) is 4.77. The highest BCUT2D eigenvalue weighted by Crippen LogP contribution is 1.96. The molecule has 1 aromatic rings. The summed E-state index contributed by atoms with van der Waals surface area (Å²) in [6.45, 7) is 0. The van der Waals surface area contributed by atoms with Gasteiger partial charge >= 0.3 is 5.97 Å². The molecule has 0 aliphatic carbocycles. The number of nitrogens with one attached hydrogen (secondary N) is 2. The zero-order chi connectivity index (χ0) is 12.8. The van der Waals surface area contributed by atoms with Crippen LogP contribution in [0.2, 0.25) is 0 Å². The molecule has 0 saturated heterocycles. The number of hydrogen-bond acceptors (Lipinski definition) is 4. The highest BCUT2D eigenvalue weighted by molar-refractivity contribution is 5.88. The van der Waals surface area contributed by atoms with E-state index in [4.69, 9.17) is 10.8 Å². The van der Waals surface area contributed by atoms with Crippen molar-refractivity contribution in [2.45, 2.75) is 18.9 Å². The lowest BCUT2D eigenvalue weighted by Crippen LogP contribution is -2.43. The number of H-pyrrole nitrogens is 1. The van der Waals surface area contributed by atoms with Gasteiger partial charge in [-0.15, -0.1) is 0 Å². The van der Waals surface area contributed by atoms with Crippen LogP contribution < -0.4 is 11.1 Å². The second-order valence-electron chi connectivity index (χ2n) is 3.39. The molecule has 0 saturated carbocycles. The number of aromatic nitrogens is 2. The van der Waals surface area contributed by atoms with Crippen molar-refractivity contribution >= 4 is 17.8 Å². The molecule has 5 N–H and O–H groups in total. The van der Waals surface area contributed by atoms with Gasteiger partial charge in [0.05, 0.1) is 12.8 Å². The van der Waals surface area contributed by atoms with Gasteiger partial charge in [0.15, 0.2) is 0 Å². The maximum absolute atomic E-state index is 11.4. The van der Waals surface area contributed by atoms with Crippen molar-refractivity contribution in [1.82, 2.24) is 15.5 Å². The van der Waals surface area contributed by atoms with Gasteiger partial charge in [-0.3, -0.25) is 14.7 Å². The molecule has 0 aromatic carbocycles. The van der Waals surface area contributed by atoms with Crippen molar-refractivity contribution in [1.29, 1.82) is 0 Å². The molecule has 0 aliphatic rings. The predicted octanol–water partition coefficient (Wildman–Crippen LogP) is -1.60. The van der Waals surface area contributed by atoms with Crippen LogP contribution in [0, 0.1) is 0 Å². The molecular formula is C9H12N4O4. The summed E-state index contributed by atoms with van der Waals surface area (Å²) in [6.07, 6.45) is 0.993. The number of carbonyl (C=O) groups is 3. The number of carbonyl (C=O) groups excluding carboxylic acids is 2. The number of carboxylic acids is 1. The van der Waals surface area contributed by atoms with E-state index in [1.807, 2.05) is 0 Å². The SMILES string of the molecule is NC(=O)CC(NC(=O)Cc1ccn[nH]1)C(=O)O. The Morgan fingerprint density at radius 2 is 2.24 bits per heavy atom. The average Bonchev–Trinajstić information content (AvgIpc) is 2.68. The van der Waals surface area contributed by atoms with Crippen LogP contribution in [0.3, 0.4) is 0 Å². The largest absolute Gasteiger partial charge is 0.480 e. The Hall–Kier alpha value is -2.38. The van der Waals surface area contributed by atoms with Crippen molar-refractivity contribution in [3.63, 3.8) is 0 Å². The summed E-state index contributed by atoms with van der Waals surface area (Å²) < 4.78 is 0. The fourth-order valence-electron chi connectivity index (χ4n) is 1.20. The van der Waals surface area contributed by atoms with E-state index >= 15 is 0 Å². The van der Waals surface area contributed by atoms with Crippen LogP contribution in [0.4, 0.5) is 0 Å². The molecule has 17 heavy (non-hydrogen) atoms. The van der Waals surface area contributed by atoms with Gasteiger partial charge in [0.1, 0.15) is 6.04 Å². The first kappa shape index (κ1) is 12.7. The van der Waals surface area contributed by atoms with Crippen molar-refractivity contribution < 1.29 is 19.5 Å². The van der Waals surface area contributed by atoms with Crippen LogP contribution in [-0.2, 0) is 20.8 Å². The summed E-state index contributed by atoms with van der Waals surface area (Å²) in [6, 6.07) is 0.284. The molecule has 0 radical (unpaired) electrons. The van der Waals surface area contributed by atoms with Gasteiger partial charge in [0.2, 0.25) is 11.8 Å². The Morgan fingerprint density at radius 3 is 2.71 bits per heavy atom. The zero-order valence-electron chi connectivity index (χ0n) is 8.84. The predicted molar refractivity (Wildman–Crippen MR) is 55.7 cm³/mol. The van der Waals surface area contributed by atoms with Crippen LogP contribution in [0.1, 0.15) is 12.1 Å². The number of aromatic amines is 1. The second kappa shape index (κ2) is 5.64. The monoisotopic (exact) mass is 240 g/mol. The maximum Gasteiger partial charge on any atom is 0.326 e. The zero-order valence-corrected chi connectivity index (χ0v) is 8.84.